The van der Waals surface area contributed by atoms with Crippen molar-refractivity contribution in [2.24, 2.45) is 0 Å². The number of aliphatic hydroxyl groups is 1. The number of aromatic nitrogens is 1. The molecule has 0 bridgehead atoms. The van der Waals surface area contributed by atoms with E-state index >= 15 is 0 Å². The second-order valence-corrected chi connectivity index (χ2v) is 3.34. The molecule has 1 aromatic heterocycles. The average Bonchev–Trinajstić information content (AvgIpc) is 2.40. The highest BCUT2D eigenvalue weighted by molar-refractivity contribution is 7.71. The second-order valence-electron chi connectivity index (χ2n) is 2.55. The molecule has 0 saturated carbocycles. The van der Waals surface area contributed by atoms with Crippen LogP contribution in [0.1, 0.15) is 0 Å². The van der Waals surface area contributed by atoms with Crippen LogP contribution in [0, 0.1) is 4.84 Å². The highest BCUT2D eigenvalue weighted by atomic mass is 35.5. The summed E-state index contributed by atoms with van der Waals surface area (Å²) >= 11 is 10.7. The van der Waals surface area contributed by atoms with Crippen molar-refractivity contribution in [2.75, 3.05) is 0 Å². The zero-order chi connectivity index (χ0) is 9.42. The van der Waals surface area contributed by atoms with Crippen molar-refractivity contribution >= 4 is 34.9 Å². The topological polar surface area (TPSA) is 38.3 Å². The Morgan fingerprint density at radius 2 is 2.31 bits per heavy atom. The van der Waals surface area contributed by atoms with Crippen LogP contribution in [0.3, 0.4) is 0 Å². The summed E-state index contributed by atoms with van der Waals surface area (Å²) in [5.74, 6) is 0. The lowest BCUT2D eigenvalue weighted by Crippen LogP contribution is -1.94. The summed E-state index contributed by atoms with van der Waals surface area (Å²) in [5, 5.41) is 9.58. The van der Waals surface area contributed by atoms with E-state index in [2.05, 4.69) is 0 Å². The third-order valence-electron chi connectivity index (χ3n) is 1.77. The summed E-state index contributed by atoms with van der Waals surface area (Å²) in [4.78, 5) is 0.250. The molecule has 13 heavy (non-hydrogen) atoms. The Morgan fingerprint density at radius 3 is 3.00 bits per heavy atom. The van der Waals surface area contributed by atoms with Gasteiger partial charge in [0.05, 0.1) is 5.52 Å². The van der Waals surface area contributed by atoms with Gasteiger partial charge in [0.25, 0.3) is 4.84 Å². The van der Waals surface area contributed by atoms with Gasteiger partial charge in [0.2, 0.25) is 0 Å². The number of nitrogens with zero attached hydrogens (tertiary/aromatic N) is 1. The Morgan fingerprint density at radius 1 is 1.54 bits per heavy atom. The minimum atomic E-state index is -0.202. The molecular weight excluding hydrogens is 210 g/mol. The predicted octanol–water partition coefficient (Wildman–Crippen LogP) is 2.57. The summed E-state index contributed by atoms with van der Waals surface area (Å²) in [5.41, 5.74) is 1.34. The molecule has 0 amide bonds. The maximum atomic E-state index is 8.99. The van der Waals surface area contributed by atoms with Gasteiger partial charge in [-0.1, -0.05) is 11.6 Å². The summed E-state index contributed by atoms with van der Waals surface area (Å²) in [7, 11) is 0. The van der Waals surface area contributed by atoms with Crippen molar-refractivity contribution in [2.45, 2.75) is 6.73 Å². The van der Waals surface area contributed by atoms with E-state index in [0.717, 1.165) is 0 Å². The maximum absolute atomic E-state index is 8.99. The van der Waals surface area contributed by atoms with Crippen LogP contribution in [-0.4, -0.2) is 9.67 Å². The molecule has 0 fully saturated rings. The molecule has 1 N–H and O–H groups in total. The molecule has 0 atom stereocenters. The van der Waals surface area contributed by atoms with Crippen molar-refractivity contribution in [3.8, 4) is 0 Å². The lowest BCUT2D eigenvalue weighted by Gasteiger charge is -1.95. The first kappa shape index (κ1) is 8.74. The number of rotatable bonds is 1. The molecule has 1 heterocycles. The monoisotopic (exact) mass is 215 g/mol. The number of oxazole rings is 1. The molecule has 5 heteroatoms. The largest absolute Gasteiger partial charge is 0.429 e. The van der Waals surface area contributed by atoms with Crippen LogP contribution < -0.4 is 0 Å². The fourth-order valence-electron chi connectivity index (χ4n) is 1.17. The van der Waals surface area contributed by atoms with Gasteiger partial charge in [0, 0.05) is 5.02 Å². The Hall–Kier alpha value is -0.840. The van der Waals surface area contributed by atoms with E-state index in [4.69, 9.17) is 33.3 Å². The van der Waals surface area contributed by atoms with Crippen LogP contribution in [0.2, 0.25) is 5.02 Å². The lowest BCUT2D eigenvalue weighted by molar-refractivity contribution is 0.208. The lowest BCUT2D eigenvalue weighted by atomic mass is 10.3. The van der Waals surface area contributed by atoms with E-state index in [1.807, 2.05) is 0 Å². The van der Waals surface area contributed by atoms with Gasteiger partial charge >= 0.3 is 0 Å². The molecule has 3 nitrogen and oxygen atoms in total. The number of hydrogen-bond donors (Lipinski definition) is 1. The molecule has 2 rings (SSSR count). The molecule has 0 saturated heterocycles. The van der Waals surface area contributed by atoms with E-state index in [9.17, 15) is 0 Å². The Balaban J connectivity index is 2.89. The van der Waals surface area contributed by atoms with E-state index in [-0.39, 0.29) is 11.6 Å². The molecule has 2 aromatic rings. The fraction of sp³-hybridized carbons (Fsp3) is 0.125. The second kappa shape index (κ2) is 3.14. The van der Waals surface area contributed by atoms with Crippen LogP contribution in [0.25, 0.3) is 11.1 Å². The van der Waals surface area contributed by atoms with Crippen molar-refractivity contribution in [1.29, 1.82) is 0 Å². The SMILES string of the molecule is OCn1c(=S)oc2ccc(Cl)cc21. The standard InChI is InChI=1S/C8H6ClNO2S/c9-5-1-2-7-6(3-5)10(4-11)8(13)12-7/h1-3,11H,4H2. The quantitative estimate of drug-likeness (QED) is 0.743. The molecular formula is C8H6ClNO2S. The Bertz CT molecular complexity index is 502. The summed E-state index contributed by atoms with van der Waals surface area (Å²) in [6.45, 7) is -0.202. The molecule has 0 radical (unpaired) electrons. The van der Waals surface area contributed by atoms with Gasteiger partial charge in [0.1, 0.15) is 6.73 Å². The van der Waals surface area contributed by atoms with Crippen molar-refractivity contribution < 1.29 is 9.52 Å². The van der Waals surface area contributed by atoms with Crippen LogP contribution in [0.15, 0.2) is 22.6 Å². The molecule has 0 aliphatic rings. The van der Waals surface area contributed by atoms with Gasteiger partial charge in [-0.05, 0) is 30.4 Å². The van der Waals surface area contributed by atoms with Gasteiger partial charge < -0.3 is 9.52 Å². The maximum Gasteiger partial charge on any atom is 0.271 e. The molecule has 68 valence electrons. The Labute approximate surface area is 84.2 Å². The summed E-state index contributed by atoms with van der Waals surface area (Å²) in [6.07, 6.45) is 0. The number of fused-ring (bicyclic) bond motifs is 1. The van der Waals surface area contributed by atoms with Crippen molar-refractivity contribution in [1.82, 2.24) is 4.57 Å². The third-order valence-corrected chi connectivity index (χ3v) is 2.31. The first-order valence-electron chi connectivity index (χ1n) is 3.62. The molecule has 0 unspecified atom stereocenters. The predicted molar refractivity (Wildman–Crippen MR) is 52.3 cm³/mol. The number of benzene rings is 1. The normalized spacial score (nSPS) is 10.9. The minimum Gasteiger partial charge on any atom is -0.429 e. The zero-order valence-electron chi connectivity index (χ0n) is 6.53. The molecule has 1 aromatic carbocycles. The highest BCUT2D eigenvalue weighted by Crippen LogP contribution is 2.21. The number of hydrogen-bond acceptors (Lipinski definition) is 3. The van der Waals surface area contributed by atoms with E-state index < -0.39 is 0 Å². The molecule has 0 aliphatic heterocycles. The van der Waals surface area contributed by atoms with Crippen LogP contribution in [0.4, 0.5) is 0 Å². The van der Waals surface area contributed by atoms with Gasteiger partial charge in [-0.25, -0.2) is 0 Å². The van der Waals surface area contributed by atoms with Gasteiger partial charge in [0.15, 0.2) is 5.58 Å². The summed E-state index contributed by atoms with van der Waals surface area (Å²) < 4.78 is 6.67. The van der Waals surface area contributed by atoms with Gasteiger partial charge in [-0.15, -0.1) is 0 Å². The van der Waals surface area contributed by atoms with Crippen LogP contribution in [0.5, 0.6) is 0 Å². The number of halogens is 1. The minimum absolute atomic E-state index is 0.202. The molecule has 0 spiro atoms. The number of aliphatic hydroxyl groups excluding tert-OH is 1. The third kappa shape index (κ3) is 1.37. The molecule has 0 aliphatic carbocycles. The van der Waals surface area contributed by atoms with Crippen LogP contribution >= 0.6 is 23.8 Å². The van der Waals surface area contributed by atoms with E-state index in [1.165, 1.54) is 4.57 Å². The highest BCUT2D eigenvalue weighted by Gasteiger charge is 2.05. The first-order valence-corrected chi connectivity index (χ1v) is 4.41. The van der Waals surface area contributed by atoms with Crippen molar-refractivity contribution in [3.63, 3.8) is 0 Å². The van der Waals surface area contributed by atoms with Gasteiger partial charge in [-0.3, -0.25) is 4.57 Å². The summed E-state index contributed by atoms with van der Waals surface area (Å²) in [6, 6.07) is 5.13. The zero-order valence-corrected chi connectivity index (χ0v) is 8.10. The fourth-order valence-corrected chi connectivity index (χ4v) is 1.58. The first-order chi connectivity index (χ1) is 6.22. The van der Waals surface area contributed by atoms with Gasteiger partial charge in [-0.2, -0.15) is 0 Å². The van der Waals surface area contributed by atoms with Crippen molar-refractivity contribution in [3.05, 3.63) is 28.1 Å². The van der Waals surface area contributed by atoms with E-state index in [1.54, 1.807) is 18.2 Å². The van der Waals surface area contributed by atoms with Crippen LogP contribution in [-0.2, 0) is 6.73 Å². The smallest absolute Gasteiger partial charge is 0.271 e. The average molecular weight is 216 g/mol. The van der Waals surface area contributed by atoms with E-state index in [0.29, 0.717) is 16.1 Å². The Kier molecular flexibility index (Phi) is 2.11.